The molecule has 0 bridgehead atoms. The lowest BCUT2D eigenvalue weighted by molar-refractivity contribution is 0.100. The summed E-state index contributed by atoms with van der Waals surface area (Å²) in [6.07, 6.45) is 0. The Morgan fingerprint density at radius 3 is 2.15 bits per heavy atom. The van der Waals surface area contributed by atoms with Crippen molar-refractivity contribution in [2.75, 3.05) is 0 Å². The van der Waals surface area contributed by atoms with Gasteiger partial charge in [0.1, 0.15) is 17.4 Å². The molecule has 0 unspecified atom stereocenters. The topological polar surface area (TPSA) is 68.2 Å². The van der Waals surface area contributed by atoms with Gasteiger partial charge in [0.25, 0.3) is 0 Å². The van der Waals surface area contributed by atoms with E-state index in [1.807, 2.05) is 0 Å². The lowest BCUT2D eigenvalue weighted by Crippen LogP contribution is -2.11. The van der Waals surface area contributed by atoms with Crippen LogP contribution in [0.3, 0.4) is 0 Å². The van der Waals surface area contributed by atoms with Gasteiger partial charge >= 0.3 is 0 Å². The lowest BCUT2D eigenvalue weighted by Gasteiger charge is -2.10. The van der Waals surface area contributed by atoms with Crippen LogP contribution in [0.1, 0.15) is 15.9 Å². The molecule has 0 aliphatic rings. The summed E-state index contributed by atoms with van der Waals surface area (Å²) in [6.45, 7) is -0.0931. The summed E-state index contributed by atoms with van der Waals surface area (Å²) in [5.41, 5.74) is 6.73. The standard InChI is InChI=1S/C20H14F2N2O2/c21-13-5-2-6-14(22)12(13)10-24-15-7-1-4-11(20(23)26)18(15)19-16(24)8-3-9-17(19)25/h1-9,25H,10H2,(H2,23,26). The Labute approximate surface area is 147 Å². The van der Waals surface area contributed by atoms with Crippen molar-refractivity contribution in [2.24, 2.45) is 5.73 Å². The van der Waals surface area contributed by atoms with Gasteiger partial charge in [-0.25, -0.2) is 8.78 Å². The van der Waals surface area contributed by atoms with E-state index in [2.05, 4.69) is 0 Å². The van der Waals surface area contributed by atoms with Crippen LogP contribution < -0.4 is 5.73 Å². The van der Waals surface area contributed by atoms with Crippen molar-refractivity contribution in [3.63, 3.8) is 0 Å². The number of nitrogens with zero attached hydrogens (tertiary/aromatic N) is 1. The first-order valence-corrected chi connectivity index (χ1v) is 7.94. The maximum absolute atomic E-state index is 14.2. The summed E-state index contributed by atoms with van der Waals surface area (Å²) in [5.74, 6) is -2.00. The molecule has 0 aliphatic carbocycles. The number of halogens is 2. The second-order valence-corrected chi connectivity index (χ2v) is 6.02. The van der Waals surface area contributed by atoms with Crippen LogP contribution >= 0.6 is 0 Å². The molecular weight excluding hydrogens is 338 g/mol. The Bertz CT molecular complexity index is 1160. The molecule has 6 heteroatoms. The fourth-order valence-corrected chi connectivity index (χ4v) is 3.38. The molecule has 1 aromatic heterocycles. The Morgan fingerprint density at radius 2 is 1.50 bits per heavy atom. The summed E-state index contributed by atoms with van der Waals surface area (Å²) in [4.78, 5) is 11.9. The molecule has 4 aromatic rings. The second-order valence-electron chi connectivity index (χ2n) is 6.02. The number of fused-ring (bicyclic) bond motifs is 3. The number of aromatic hydroxyl groups is 1. The van der Waals surface area contributed by atoms with Crippen molar-refractivity contribution in [3.8, 4) is 5.75 Å². The van der Waals surface area contributed by atoms with Gasteiger partial charge in [-0.15, -0.1) is 0 Å². The average molecular weight is 352 g/mol. The molecule has 0 aliphatic heterocycles. The first kappa shape index (κ1) is 16.1. The molecule has 0 fully saturated rings. The van der Waals surface area contributed by atoms with Crippen molar-refractivity contribution in [1.29, 1.82) is 0 Å². The van der Waals surface area contributed by atoms with Gasteiger partial charge in [0, 0.05) is 16.5 Å². The van der Waals surface area contributed by atoms with Gasteiger partial charge < -0.3 is 15.4 Å². The molecule has 0 spiro atoms. The summed E-state index contributed by atoms with van der Waals surface area (Å²) in [5, 5.41) is 11.2. The number of phenolic OH excluding ortho intramolecular Hbond substituents is 1. The number of rotatable bonds is 3. The Kier molecular flexibility index (Phi) is 3.61. The fourth-order valence-electron chi connectivity index (χ4n) is 3.38. The Hall–Kier alpha value is -3.41. The van der Waals surface area contributed by atoms with Crippen LogP contribution in [0.15, 0.2) is 54.6 Å². The number of carbonyl (C=O) groups excluding carboxylic acids is 1. The molecule has 0 saturated heterocycles. The zero-order valence-corrected chi connectivity index (χ0v) is 13.5. The highest BCUT2D eigenvalue weighted by Gasteiger charge is 2.20. The number of primary amides is 1. The van der Waals surface area contributed by atoms with Crippen LogP contribution in [-0.4, -0.2) is 15.6 Å². The Balaban J connectivity index is 2.10. The normalized spacial score (nSPS) is 11.3. The van der Waals surface area contributed by atoms with E-state index < -0.39 is 17.5 Å². The summed E-state index contributed by atoms with van der Waals surface area (Å²) in [7, 11) is 0. The number of amides is 1. The first-order valence-electron chi connectivity index (χ1n) is 7.94. The van der Waals surface area contributed by atoms with Crippen molar-refractivity contribution in [1.82, 2.24) is 4.57 Å². The molecule has 26 heavy (non-hydrogen) atoms. The monoisotopic (exact) mass is 352 g/mol. The SMILES string of the molecule is NC(=O)c1cccc2c1c1c(O)cccc1n2Cc1c(F)cccc1F. The Morgan fingerprint density at radius 1 is 0.923 bits per heavy atom. The summed E-state index contributed by atoms with van der Waals surface area (Å²) in [6, 6.07) is 13.5. The van der Waals surface area contributed by atoms with E-state index in [-0.39, 0.29) is 23.4 Å². The van der Waals surface area contributed by atoms with E-state index in [4.69, 9.17) is 5.73 Å². The van der Waals surface area contributed by atoms with Crippen molar-refractivity contribution >= 4 is 27.7 Å². The third kappa shape index (κ3) is 2.30. The molecule has 4 rings (SSSR count). The highest BCUT2D eigenvalue weighted by Crippen LogP contribution is 2.37. The predicted octanol–water partition coefficient (Wildman–Crippen LogP) is 3.93. The number of benzene rings is 3. The van der Waals surface area contributed by atoms with Gasteiger partial charge in [-0.2, -0.15) is 0 Å². The van der Waals surface area contributed by atoms with Gasteiger partial charge in [-0.3, -0.25) is 4.79 Å². The maximum Gasteiger partial charge on any atom is 0.249 e. The molecule has 0 radical (unpaired) electrons. The third-order valence-electron chi connectivity index (χ3n) is 4.54. The third-order valence-corrected chi connectivity index (χ3v) is 4.54. The summed E-state index contributed by atoms with van der Waals surface area (Å²) >= 11 is 0. The van der Waals surface area contributed by atoms with E-state index >= 15 is 0 Å². The lowest BCUT2D eigenvalue weighted by atomic mass is 10.1. The smallest absolute Gasteiger partial charge is 0.249 e. The average Bonchev–Trinajstić information content (AvgIpc) is 2.93. The molecule has 0 atom stereocenters. The van der Waals surface area contributed by atoms with Crippen molar-refractivity contribution in [3.05, 3.63) is 77.4 Å². The highest BCUT2D eigenvalue weighted by atomic mass is 19.1. The van der Waals surface area contributed by atoms with E-state index in [0.29, 0.717) is 21.8 Å². The van der Waals surface area contributed by atoms with E-state index in [1.54, 1.807) is 34.9 Å². The molecule has 3 N–H and O–H groups in total. The van der Waals surface area contributed by atoms with Gasteiger partial charge in [-0.1, -0.05) is 18.2 Å². The van der Waals surface area contributed by atoms with Gasteiger partial charge in [0.15, 0.2) is 0 Å². The fraction of sp³-hybridized carbons (Fsp3) is 0.0500. The first-order chi connectivity index (χ1) is 12.5. The molecule has 3 aromatic carbocycles. The number of phenols is 1. The number of nitrogens with two attached hydrogens (primary N) is 1. The van der Waals surface area contributed by atoms with E-state index in [0.717, 1.165) is 0 Å². The minimum atomic E-state index is -0.661. The quantitative estimate of drug-likeness (QED) is 0.587. The molecule has 1 heterocycles. The number of hydrogen-bond acceptors (Lipinski definition) is 2. The molecular formula is C20H14F2N2O2. The predicted molar refractivity (Wildman–Crippen MR) is 95.1 cm³/mol. The maximum atomic E-state index is 14.2. The minimum absolute atomic E-state index is 0.0334. The van der Waals surface area contributed by atoms with Crippen LogP contribution in [0, 0.1) is 11.6 Å². The zero-order valence-electron chi connectivity index (χ0n) is 13.5. The number of aromatic nitrogens is 1. The van der Waals surface area contributed by atoms with Gasteiger partial charge in [0.2, 0.25) is 5.91 Å². The zero-order chi connectivity index (χ0) is 18.4. The van der Waals surface area contributed by atoms with E-state index in [1.165, 1.54) is 24.3 Å². The van der Waals surface area contributed by atoms with Crippen LogP contribution in [0.5, 0.6) is 5.75 Å². The second kappa shape index (κ2) is 5.84. The van der Waals surface area contributed by atoms with Crippen LogP contribution in [0.25, 0.3) is 21.8 Å². The van der Waals surface area contributed by atoms with Crippen LogP contribution in [0.4, 0.5) is 8.78 Å². The molecule has 0 saturated carbocycles. The summed E-state index contributed by atoms with van der Waals surface area (Å²) < 4.78 is 30.0. The van der Waals surface area contributed by atoms with Gasteiger partial charge in [-0.05, 0) is 36.4 Å². The van der Waals surface area contributed by atoms with Crippen molar-refractivity contribution < 1.29 is 18.7 Å². The number of hydrogen-bond donors (Lipinski definition) is 2. The number of carbonyl (C=O) groups is 1. The van der Waals surface area contributed by atoms with Crippen molar-refractivity contribution in [2.45, 2.75) is 6.54 Å². The highest BCUT2D eigenvalue weighted by molar-refractivity contribution is 6.19. The molecule has 4 nitrogen and oxygen atoms in total. The van der Waals surface area contributed by atoms with E-state index in [9.17, 15) is 18.7 Å². The van der Waals surface area contributed by atoms with Crippen LogP contribution in [0.2, 0.25) is 0 Å². The van der Waals surface area contributed by atoms with Gasteiger partial charge in [0.05, 0.1) is 23.0 Å². The molecule has 1 amide bonds. The molecule has 130 valence electrons. The minimum Gasteiger partial charge on any atom is -0.507 e. The van der Waals surface area contributed by atoms with Crippen LogP contribution in [-0.2, 0) is 6.54 Å². The largest absolute Gasteiger partial charge is 0.507 e.